The van der Waals surface area contributed by atoms with Gasteiger partial charge in [0.15, 0.2) is 6.61 Å². The van der Waals surface area contributed by atoms with E-state index in [1.807, 2.05) is 0 Å². The van der Waals surface area contributed by atoms with Crippen molar-refractivity contribution in [2.75, 3.05) is 13.2 Å². The van der Waals surface area contributed by atoms with Crippen LogP contribution in [-0.4, -0.2) is 35.2 Å². The Kier molecular flexibility index (Phi) is 5.70. The Morgan fingerprint density at radius 1 is 1.39 bits per heavy atom. The summed E-state index contributed by atoms with van der Waals surface area (Å²) in [4.78, 5) is 26.7. The van der Waals surface area contributed by atoms with E-state index >= 15 is 0 Å². The van der Waals surface area contributed by atoms with Crippen molar-refractivity contribution in [3.63, 3.8) is 0 Å². The van der Waals surface area contributed by atoms with Gasteiger partial charge < -0.3 is 10.1 Å². The fourth-order valence-electron chi connectivity index (χ4n) is 1.52. The molecule has 1 heterocycles. The third-order valence-electron chi connectivity index (χ3n) is 2.51. The Morgan fingerprint density at radius 2 is 2.17 bits per heavy atom. The molecule has 0 unspecified atom stereocenters. The number of halogens is 1. The van der Waals surface area contributed by atoms with E-state index in [-0.39, 0.29) is 18.4 Å². The Labute approximate surface area is 136 Å². The first-order chi connectivity index (χ1) is 11.1. The van der Waals surface area contributed by atoms with E-state index in [0.29, 0.717) is 10.6 Å². The fourth-order valence-corrected chi connectivity index (χ4v) is 1.74. The number of hydrogen-bond acceptors (Lipinski definition) is 6. The quantitative estimate of drug-likeness (QED) is 0.779. The van der Waals surface area contributed by atoms with Gasteiger partial charge in [-0.05, 0) is 12.1 Å². The van der Waals surface area contributed by atoms with E-state index < -0.39 is 18.5 Å². The number of hydrogen-bond donors (Lipinski definition) is 2. The number of carbonyl (C=O) groups is 2. The molecule has 3 amide bonds. The number of amides is 3. The lowest BCUT2D eigenvalue weighted by Crippen LogP contribution is -2.41. The van der Waals surface area contributed by atoms with Crippen molar-refractivity contribution < 1.29 is 18.8 Å². The zero-order valence-corrected chi connectivity index (χ0v) is 12.7. The van der Waals surface area contributed by atoms with Crippen molar-refractivity contribution >= 4 is 23.5 Å². The summed E-state index contributed by atoms with van der Waals surface area (Å²) < 4.78 is 9.88. The molecule has 0 bridgehead atoms. The largest absolute Gasteiger partial charge is 0.439 e. The Balaban J connectivity index is 1.88. The zero-order valence-electron chi connectivity index (χ0n) is 11.9. The lowest BCUT2D eigenvalue weighted by Gasteiger charge is -2.04. The van der Waals surface area contributed by atoms with Crippen molar-refractivity contribution in [3.8, 4) is 17.5 Å². The molecule has 1 aromatic carbocycles. The van der Waals surface area contributed by atoms with Gasteiger partial charge in [-0.2, -0.15) is 4.98 Å². The van der Waals surface area contributed by atoms with Crippen LogP contribution in [0, 0.1) is 0 Å². The molecule has 0 saturated heterocycles. The number of urea groups is 1. The molecule has 9 heteroatoms. The molecule has 120 valence electrons. The number of nitrogens with zero attached hydrogens (tertiary/aromatic N) is 2. The highest BCUT2D eigenvalue weighted by molar-refractivity contribution is 6.33. The maximum atomic E-state index is 11.5. The third kappa shape index (κ3) is 4.82. The molecule has 0 atom stereocenters. The van der Waals surface area contributed by atoms with Gasteiger partial charge in [-0.1, -0.05) is 35.0 Å². The molecule has 0 spiro atoms. The minimum atomic E-state index is -0.663. The standard InChI is InChI=1S/C14H13ClN4O4/c1-2-7-16-13(21)17-11(20)8-22-14-18-12(19-23-14)9-5-3-4-6-10(9)15/h2-6H,1,7-8H2,(H2,16,17,20,21). The van der Waals surface area contributed by atoms with Crippen LogP contribution in [-0.2, 0) is 4.79 Å². The first-order valence-electron chi connectivity index (χ1n) is 6.50. The number of imide groups is 1. The van der Waals surface area contributed by atoms with Gasteiger partial charge in [0.2, 0.25) is 5.82 Å². The van der Waals surface area contributed by atoms with Crippen LogP contribution in [0.3, 0.4) is 0 Å². The van der Waals surface area contributed by atoms with E-state index in [1.165, 1.54) is 6.08 Å². The van der Waals surface area contributed by atoms with E-state index in [2.05, 4.69) is 27.4 Å². The Morgan fingerprint density at radius 3 is 2.91 bits per heavy atom. The third-order valence-corrected chi connectivity index (χ3v) is 2.84. The molecule has 0 aliphatic heterocycles. The van der Waals surface area contributed by atoms with Crippen LogP contribution in [0.1, 0.15) is 0 Å². The van der Waals surface area contributed by atoms with Crippen LogP contribution < -0.4 is 15.4 Å². The van der Waals surface area contributed by atoms with Crippen LogP contribution in [0.15, 0.2) is 41.4 Å². The second kappa shape index (κ2) is 7.95. The van der Waals surface area contributed by atoms with Crippen LogP contribution in [0.4, 0.5) is 4.79 Å². The van der Waals surface area contributed by atoms with Crippen molar-refractivity contribution in [1.82, 2.24) is 20.8 Å². The summed E-state index contributed by atoms with van der Waals surface area (Å²) in [5, 5.41) is 8.61. The van der Waals surface area contributed by atoms with Crippen molar-refractivity contribution in [2.45, 2.75) is 0 Å². The average molecular weight is 337 g/mol. The number of carbonyl (C=O) groups excluding carboxylic acids is 2. The van der Waals surface area contributed by atoms with Gasteiger partial charge in [-0.25, -0.2) is 4.79 Å². The summed E-state index contributed by atoms with van der Waals surface area (Å²) >= 11 is 6.02. The molecule has 23 heavy (non-hydrogen) atoms. The first kappa shape index (κ1) is 16.5. The highest BCUT2D eigenvalue weighted by Gasteiger charge is 2.14. The molecule has 1 aromatic heterocycles. The Hall–Kier alpha value is -2.87. The summed E-state index contributed by atoms with van der Waals surface area (Å²) in [6.07, 6.45) is 1.27. The van der Waals surface area contributed by atoms with Crippen molar-refractivity contribution in [3.05, 3.63) is 41.9 Å². The molecular formula is C14H13ClN4O4. The zero-order chi connectivity index (χ0) is 16.7. The van der Waals surface area contributed by atoms with Gasteiger partial charge in [0, 0.05) is 12.1 Å². The summed E-state index contributed by atoms with van der Waals surface area (Å²) in [6, 6.07) is 6.29. The summed E-state index contributed by atoms with van der Waals surface area (Å²) in [5.41, 5.74) is 0.570. The fraction of sp³-hybridized carbons (Fsp3) is 0.143. The number of rotatable bonds is 6. The van der Waals surface area contributed by atoms with Crippen LogP contribution in [0.5, 0.6) is 6.08 Å². The maximum absolute atomic E-state index is 11.5. The molecule has 8 nitrogen and oxygen atoms in total. The van der Waals surface area contributed by atoms with Crippen LogP contribution >= 0.6 is 11.6 Å². The van der Waals surface area contributed by atoms with Crippen LogP contribution in [0.2, 0.25) is 5.02 Å². The summed E-state index contributed by atoms with van der Waals surface area (Å²) in [5.74, 6) is -0.432. The van der Waals surface area contributed by atoms with Gasteiger partial charge in [0.25, 0.3) is 5.91 Å². The van der Waals surface area contributed by atoms with Gasteiger partial charge >= 0.3 is 12.1 Å². The van der Waals surface area contributed by atoms with Gasteiger partial charge in [0.1, 0.15) is 0 Å². The number of ether oxygens (including phenoxy) is 1. The first-order valence-corrected chi connectivity index (χ1v) is 6.88. The van der Waals surface area contributed by atoms with Crippen molar-refractivity contribution in [1.29, 1.82) is 0 Å². The predicted octanol–water partition coefficient (Wildman–Crippen LogP) is 1.78. The average Bonchev–Trinajstić information content (AvgIpc) is 3.00. The smallest absolute Gasteiger partial charge is 0.418 e. The summed E-state index contributed by atoms with van der Waals surface area (Å²) in [6.45, 7) is 3.22. The molecule has 0 radical (unpaired) electrons. The second-order valence-corrected chi connectivity index (χ2v) is 4.61. The number of benzene rings is 1. The molecule has 0 aliphatic rings. The summed E-state index contributed by atoms with van der Waals surface area (Å²) in [7, 11) is 0. The molecule has 2 rings (SSSR count). The van der Waals surface area contributed by atoms with E-state index in [9.17, 15) is 9.59 Å². The normalized spacial score (nSPS) is 9.96. The van der Waals surface area contributed by atoms with Gasteiger partial charge in [0.05, 0.1) is 5.02 Å². The van der Waals surface area contributed by atoms with E-state index in [0.717, 1.165) is 0 Å². The minimum Gasteiger partial charge on any atom is -0.439 e. The molecule has 0 fully saturated rings. The molecule has 2 N–H and O–H groups in total. The molecule has 2 aromatic rings. The van der Waals surface area contributed by atoms with Gasteiger partial charge in [-0.3, -0.25) is 14.6 Å². The van der Waals surface area contributed by atoms with E-state index in [1.54, 1.807) is 24.3 Å². The molecule has 0 aliphatic carbocycles. The minimum absolute atomic E-state index is 0.207. The Bertz CT molecular complexity index is 716. The van der Waals surface area contributed by atoms with E-state index in [4.69, 9.17) is 20.9 Å². The van der Waals surface area contributed by atoms with Crippen LogP contribution in [0.25, 0.3) is 11.4 Å². The lowest BCUT2D eigenvalue weighted by atomic mass is 10.2. The maximum Gasteiger partial charge on any atom is 0.418 e. The highest BCUT2D eigenvalue weighted by atomic mass is 35.5. The number of nitrogens with one attached hydrogen (secondary N) is 2. The second-order valence-electron chi connectivity index (χ2n) is 4.20. The lowest BCUT2D eigenvalue weighted by molar-refractivity contribution is -0.122. The molecule has 0 saturated carbocycles. The highest BCUT2D eigenvalue weighted by Crippen LogP contribution is 2.26. The number of aromatic nitrogens is 2. The predicted molar refractivity (Wildman–Crippen MR) is 82.0 cm³/mol. The van der Waals surface area contributed by atoms with Gasteiger partial charge in [-0.15, -0.1) is 6.58 Å². The topological polar surface area (TPSA) is 106 Å². The molecular weight excluding hydrogens is 324 g/mol. The van der Waals surface area contributed by atoms with Crippen molar-refractivity contribution in [2.24, 2.45) is 0 Å². The monoisotopic (exact) mass is 336 g/mol. The SMILES string of the molecule is C=CCNC(=O)NC(=O)COc1nc(-c2ccccc2Cl)no1.